The summed E-state index contributed by atoms with van der Waals surface area (Å²) < 4.78 is 43.4. The second-order valence-corrected chi connectivity index (χ2v) is 7.41. The van der Waals surface area contributed by atoms with Crippen LogP contribution in [0.2, 0.25) is 0 Å². The maximum Gasteiger partial charge on any atom is 0.434 e. The highest BCUT2D eigenvalue weighted by atomic mass is 32.1. The van der Waals surface area contributed by atoms with Crippen LogP contribution in [0.4, 0.5) is 18.3 Å². The van der Waals surface area contributed by atoms with E-state index in [0.717, 1.165) is 11.3 Å². The van der Waals surface area contributed by atoms with Crippen LogP contribution in [-0.4, -0.2) is 64.3 Å². The van der Waals surface area contributed by atoms with Gasteiger partial charge < -0.3 is 25.0 Å². The molecule has 2 unspecified atom stereocenters. The highest BCUT2D eigenvalue weighted by molar-refractivity contribution is 7.17. The minimum Gasteiger partial charge on any atom is -0.477 e. The van der Waals surface area contributed by atoms with Crippen molar-refractivity contribution in [2.75, 3.05) is 25.1 Å². The molecule has 1 aliphatic heterocycles. The average Bonchev–Trinajstić information content (AvgIpc) is 3.29. The fourth-order valence-corrected chi connectivity index (χ4v) is 3.97. The Labute approximate surface area is 166 Å². The number of aromatic carboxylic acids is 1. The molecule has 2 aromatic rings. The van der Waals surface area contributed by atoms with Crippen LogP contribution >= 0.6 is 11.3 Å². The van der Waals surface area contributed by atoms with Crippen molar-refractivity contribution in [2.24, 2.45) is 0 Å². The number of carboxylic acids is 1. The third-order valence-corrected chi connectivity index (χ3v) is 5.72. The van der Waals surface area contributed by atoms with Gasteiger partial charge in [0.1, 0.15) is 4.88 Å². The number of halogens is 3. The Balaban J connectivity index is 1.67. The monoisotopic (exact) mass is 433 g/mol. The standard InChI is InChI=1S/C16H18F3N5O4S/c1-7-11(14(26)27)29-15(21-7)24-4-3-8(9(6-24)28-2)22-13(25)12-20-5-10(23-12)16(17,18)19/h5,8-9H,3-4,6H2,1-2H3,(H,20,23)(H,22,25)(H,26,27). The number of anilines is 1. The molecule has 0 aliphatic carbocycles. The lowest BCUT2D eigenvalue weighted by molar-refractivity contribution is -0.140. The van der Waals surface area contributed by atoms with Gasteiger partial charge in [-0.05, 0) is 13.3 Å². The van der Waals surface area contributed by atoms with E-state index in [2.05, 4.69) is 20.3 Å². The third-order valence-electron chi connectivity index (χ3n) is 4.51. The average molecular weight is 433 g/mol. The summed E-state index contributed by atoms with van der Waals surface area (Å²) in [6.07, 6.45) is -4.05. The Kier molecular flexibility index (Phi) is 5.80. The fraction of sp³-hybridized carbons (Fsp3) is 0.500. The molecule has 2 atom stereocenters. The van der Waals surface area contributed by atoms with E-state index in [1.165, 1.54) is 7.11 Å². The zero-order valence-electron chi connectivity index (χ0n) is 15.4. The van der Waals surface area contributed by atoms with Gasteiger partial charge in [0.25, 0.3) is 5.91 Å². The van der Waals surface area contributed by atoms with Gasteiger partial charge in [-0.15, -0.1) is 0 Å². The van der Waals surface area contributed by atoms with Crippen LogP contribution in [0.15, 0.2) is 6.20 Å². The molecule has 0 radical (unpaired) electrons. The maximum absolute atomic E-state index is 12.6. The van der Waals surface area contributed by atoms with Crippen molar-refractivity contribution in [3.63, 3.8) is 0 Å². The van der Waals surface area contributed by atoms with Crippen LogP contribution in [0, 0.1) is 6.92 Å². The van der Waals surface area contributed by atoms with Gasteiger partial charge in [0.15, 0.2) is 16.6 Å². The third kappa shape index (κ3) is 4.50. The number of carbonyl (C=O) groups excluding carboxylic acids is 1. The number of aryl methyl sites for hydroxylation is 1. The van der Waals surface area contributed by atoms with Crippen molar-refractivity contribution in [3.05, 3.63) is 28.3 Å². The Bertz CT molecular complexity index is 913. The first-order valence-corrected chi connectivity index (χ1v) is 9.33. The number of amides is 1. The normalized spacial score (nSPS) is 20.0. The van der Waals surface area contributed by atoms with E-state index in [4.69, 9.17) is 4.74 Å². The van der Waals surface area contributed by atoms with Crippen molar-refractivity contribution in [1.29, 1.82) is 0 Å². The van der Waals surface area contributed by atoms with E-state index in [-0.39, 0.29) is 4.88 Å². The summed E-state index contributed by atoms with van der Waals surface area (Å²) in [6, 6.07) is -0.455. The lowest BCUT2D eigenvalue weighted by Crippen LogP contribution is -2.55. The highest BCUT2D eigenvalue weighted by Gasteiger charge is 2.36. The van der Waals surface area contributed by atoms with Crippen LogP contribution < -0.4 is 10.2 Å². The summed E-state index contributed by atoms with van der Waals surface area (Å²) in [4.78, 5) is 35.3. The number of methoxy groups -OCH3 is 1. The van der Waals surface area contributed by atoms with Gasteiger partial charge in [-0.2, -0.15) is 13.2 Å². The van der Waals surface area contributed by atoms with Crippen molar-refractivity contribution < 1.29 is 32.6 Å². The number of H-pyrrole nitrogens is 1. The van der Waals surface area contributed by atoms with Crippen molar-refractivity contribution >= 4 is 28.3 Å². The minimum absolute atomic E-state index is 0.155. The number of thiazole rings is 1. The molecule has 0 bridgehead atoms. The van der Waals surface area contributed by atoms with Crippen LogP contribution in [-0.2, 0) is 10.9 Å². The second kappa shape index (κ2) is 7.99. The molecule has 2 aromatic heterocycles. The number of carbonyl (C=O) groups is 2. The molecule has 3 rings (SSSR count). The number of nitrogens with zero attached hydrogens (tertiary/aromatic N) is 3. The van der Waals surface area contributed by atoms with Gasteiger partial charge in [-0.3, -0.25) is 4.79 Å². The number of alkyl halides is 3. The molecule has 158 valence electrons. The number of hydrogen-bond acceptors (Lipinski definition) is 7. The molecule has 0 spiro atoms. The summed E-state index contributed by atoms with van der Waals surface area (Å²) in [7, 11) is 1.46. The Hall–Kier alpha value is -2.67. The Morgan fingerprint density at radius 2 is 2.14 bits per heavy atom. The molecule has 1 saturated heterocycles. The van der Waals surface area contributed by atoms with E-state index < -0.39 is 41.7 Å². The molecule has 3 N–H and O–H groups in total. The molecular weight excluding hydrogens is 415 g/mol. The Morgan fingerprint density at radius 3 is 2.69 bits per heavy atom. The van der Waals surface area contributed by atoms with Gasteiger partial charge in [-0.1, -0.05) is 11.3 Å². The molecule has 13 heteroatoms. The van der Waals surface area contributed by atoms with E-state index in [0.29, 0.717) is 36.5 Å². The lowest BCUT2D eigenvalue weighted by Gasteiger charge is -2.37. The molecule has 9 nitrogen and oxygen atoms in total. The van der Waals surface area contributed by atoms with Crippen molar-refractivity contribution in [2.45, 2.75) is 31.7 Å². The molecule has 1 fully saturated rings. The Morgan fingerprint density at radius 1 is 1.41 bits per heavy atom. The van der Waals surface area contributed by atoms with Gasteiger partial charge in [-0.25, -0.2) is 14.8 Å². The molecule has 0 saturated carbocycles. The highest BCUT2D eigenvalue weighted by Crippen LogP contribution is 2.29. The smallest absolute Gasteiger partial charge is 0.434 e. The number of rotatable bonds is 5. The zero-order valence-corrected chi connectivity index (χ0v) is 16.2. The first kappa shape index (κ1) is 21.0. The molecule has 1 amide bonds. The van der Waals surface area contributed by atoms with Gasteiger partial charge >= 0.3 is 12.1 Å². The summed E-state index contributed by atoms with van der Waals surface area (Å²) >= 11 is 1.05. The number of carboxylic acid groups (broad SMARTS) is 1. The minimum atomic E-state index is -4.64. The number of piperidine rings is 1. The van der Waals surface area contributed by atoms with Gasteiger partial charge in [0.05, 0.1) is 17.8 Å². The molecule has 1 aliphatic rings. The second-order valence-electron chi connectivity index (χ2n) is 6.44. The maximum atomic E-state index is 12.6. The van der Waals surface area contributed by atoms with Gasteiger partial charge in [0, 0.05) is 26.4 Å². The SMILES string of the molecule is COC1CN(c2nc(C)c(C(=O)O)s2)CCC1NC(=O)c1nc(C(F)(F)F)c[nH]1. The molecule has 3 heterocycles. The number of imidazole rings is 1. The number of nitrogens with one attached hydrogen (secondary N) is 2. The van der Waals surface area contributed by atoms with E-state index in [1.807, 2.05) is 4.90 Å². The van der Waals surface area contributed by atoms with Crippen LogP contribution in [0.1, 0.15) is 38.1 Å². The number of hydrogen-bond donors (Lipinski definition) is 3. The van der Waals surface area contributed by atoms with Crippen LogP contribution in [0.3, 0.4) is 0 Å². The van der Waals surface area contributed by atoms with Crippen LogP contribution in [0.25, 0.3) is 0 Å². The van der Waals surface area contributed by atoms with Crippen LogP contribution in [0.5, 0.6) is 0 Å². The van der Waals surface area contributed by atoms with Crippen molar-refractivity contribution in [1.82, 2.24) is 20.3 Å². The lowest BCUT2D eigenvalue weighted by atomic mass is 10.0. The topological polar surface area (TPSA) is 120 Å². The van der Waals surface area contributed by atoms with Crippen molar-refractivity contribution in [3.8, 4) is 0 Å². The predicted molar refractivity (Wildman–Crippen MR) is 96.3 cm³/mol. The number of ether oxygens (including phenoxy) is 1. The number of aromatic nitrogens is 3. The molecular formula is C16H18F3N5O4S. The molecule has 29 heavy (non-hydrogen) atoms. The number of aromatic amines is 1. The molecule has 0 aromatic carbocycles. The predicted octanol–water partition coefficient (Wildman–Crippen LogP) is 1.92. The summed E-state index contributed by atoms with van der Waals surface area (Å²) in [5.41, 5.74) is -0.755. The fourth-order valence-electron chi connectivity index (χ4n) is 3.03. The van der Waals surface area contributed by atoms with E-state index in [9.17, 15) is 27.9 Å². The summed E-state index contributed by atoms with van der Waals surface area (Å²) in [5.74, 6) is -2.25. The largest absolute Gasteiger partial charge is 0.477 e. The summed E-state index contributed by atoms with van der Waals surface area (Å²) in [5, 5.41) is 12.4. The van der Waals surface area contributed by atoms with Gasteiger partial charge in [0.2, 0.25) is 0 Å². The van der Waals surface area contributed by atoms with E-state index in [1.54, 1.807) is 6.92 Å². The van der Waals surface area contributed by atoms with E-state index >= 15 is 0 Å². The first-order chi connectivity index (χ1) is 13.6. The summed E-state index contributed by atoms with van der Waals surface area (Å²) in [6.45, 7) is 2.41. The first-order valence-electron chi connectivity index (χ1n) is 8.52. The quantitative estimate of drug-likeness (QED) is 0.659. The zero-order chi connectivity index (χ0) is 21.3.